The summed E-state index contributed by atoms with van der Waals surface area (Å²) in [5, 5.41) is 9.51. The number of benzene rings is 1. The van der Waals surface area contributed by atoms with Crippen molar-refractivity contribution in [2.75, 3.05) is 4.90 Å². The van der Waals surface area contributed by atoms with Crippen molar-refractivity contribution in [3.8, 4) is 0 Å². The molecule has 0 unspecified atom stereocenters. The minimum absolute atomic E-state index is 0.113. The van der Waals surface area contributed by atoms with Gasteiger partial charge in [-0.2, -0.15) is 0 Å². The maximum Gasteiger partial charge on any atom is 0.348 e. The zero-order valence-electron chi connectivity index (χ0n) is 15.1. The second-order valence-corrected chi connectivity index (χ2v) is 9.05. The summed E-state index contributed by atoms with van der Waals surface area (Å²) < 4.78 is 6.90. The Morgan fingerprint density at radius 1 is 1.04 bits per heavy atom. The minimum Gasteiger partial charge on any atom is -0.478 e. The van der Waals surface area contributed by atoms with E-state index in [0.717, 1.165) is 4.90 Å². The molecule has 0 aliphatic heterocycles. The standard InChI is InChI=1S/C17H18I3NO6/c1-5-17(6-2,16(25)26)27-15(24)12-10(18)7-11(19)14(13(12)20)21(8(3)22)9(4)23/h7H,5-6H2,1-4H3,(H,25,26). The van der Waals surface area contributed by atoms with Crippen molar-refractivity contribution in [3.63, 3.8) is 0 Å². The summed E-state index contributed by atoms with van der Waals surface area (Å²) >= 11 is 5.81. The molecule has 148 valence electrons. The lowest BCUT2D eigenvalue weighted by molar-refractivity contribution is -0.160. The van der Waals surface area contributed by atoms with Crippen molar-refractivity contribution in [1.82, 2.24) is 0 Å². The van der Waals surface area contributed by atoms with Crippen molar-refractivity contribution in [2.45, 2.75) is 46.1 Å². The summed E-state index contributed by atoms with van der Waals surface area (Å²) in [6.45, 7) is 5.78. The molecule has 0 atom stereocenters. The Morgan fingerprint density at radius 3 is 1.89 bits per heavy atom. The quantitative estimate of drug-likeness (QED) is 0.351. The molecule has 1 aromatic carbocycles. The molecule has 0 spiro atoms. The number of halogens is 3. The molecule has 0 heterocycles. The lowest BCUT2D eigenvalue weighted by Crippen LogP contribution is -2.42. The lowest BCUT2D eigenvalue weighted by Gasteiger charge is -2.28. The summed E-state index contributed by atoms with van der Waals surface area (Å²) in [5.41, 5.74) is -1.21. The van der Waals surface area contributed by atoms with Crippen LogP contribution in [0.15, 0.2) is 6.07 Å². The van der Waals surface area contributed by atoms with E-state index in [1.54, 1.807) is 19.9 Å². The third-order valence-electron chi connectivity index (χ3n) is 4.02. The molecule has 1 aromatic rings. The minimum atomic E-state index is -1.63. The Morgan fingerprint density at radius 2 is 1.52 bits per heavy atom. The van der Waals surface area contributed by atoms with E-state index in [2.05, 4.69) is 0 Å². The summed E-state index contributed by atoms with van der Waals surface area (Å²) in [5.74, 6) is -2.99. The third kappa shape index (κ3) is 5.10. The highest BCUT2D eigenvalue weighted by atomic mass is 127. The number of rotatable bonds is 6. The second-order valence-electron chi connectivity index (χ2n) is 5.65. The molecule has 0 bridgehead atoms. The van der Waals surface area contributed by atoms with Gasteiger partial charge >= 0.3 is 11.9 Å². The Hall–Kier alpha value is -0.510. The first kappa shape index (κ1) is 24.5. The first-order chi connectivity index (χ1) is 12.4. The molecule has 0 saturated carbocycles. The van der Waals surface area contributed by atoms with E-state index in [1.165, 1.54) is 13.8 Å². The number of carboxylic acid groups (broad SMARTS) is 1. The van der Waals surface area contributed by atoms with Crippen LogP contribution in [0.25, 0.3) is 0 Å². The number of carbonyl (C=O) groups excluding carboxylic acids is 3. The van der Waals surface area contributed by atoms with Gasteiger partial charge in [-0.3, -0.25) is 9.59 Å². The van der Waals surface area contributed by atoms with Gasteiger partial charge in [0, 0.05) is 21.0 Å². The first-order valence-corrected chi connectivity index (χ1v) is 11.1. The molecular weight excluding hydrogens is 695 g/mol. The number of aliphatic carboxylic acids is 1. The molecule has 0 aliphatic rings. The summed E-state index contributed by atoms with van der Waals surface area (Å²) in [6, 6.07) is 1.65. The van der Waals surface area contributed by atoms with Crippen LogP contribution in [0.1, 0.15) is 50.9 Å². The van der Waals surface area contributed by atoms with Crippen LogP contribution >= 0.6 is 67.8 Å². The molecule has 10 heteroatoms. The number of carbonyl (C=O) groups is 4. The van der Waals surface area contributed by atoms with Gasteiger partial charge in [-0.1, -0.05) is 13.8 Å². The van der Waals surface area contributed by atoms with Crippen LogP contribution in [0.4, 0.5) is 5.69 Å². The van der Waals surface area contributed by atoms with Gasteiger partial charge < -0.3 is 9.84 Å². The van der Waals surface area contributed by atoms with E-state index in [0.29, 0.717) is 10.7 Å². The van der Waals surface area contributed by atoms with Gasteiger partial charge in [-0.25, -0.2) is 14.5 Å². The van der Waals surface area contributed by atoms with Crippen LogP contribution in [0.3, 0.4) is 0 Å². The number of amides is 2. The zero-order valence-corrected chi connectivity index (χ0v) is 21.5. The van der Waals surface area contributed by atoms with Crippen LogP contribution in [-0.2, 0) is 19.1 Å². The first-order valence-electron chi connectivity index (χ1n) is 7.88. The van der Waals surface area contributed by atoms with E-state index in [-0.39, 0.29) is 24.1 Å². The highest BCUT2D eigenvalue weighted by molar-refractivity contribution is 14.1. The average Bonchev–Trinajstić information content (AvgIpc) is 2.54. The van der Waals surface area contributed by atoms with E-state index in [9.17, 15) is 24.3 Å². The van der Waals surface area contributed by atoms with E-state index in [1.807, 2.05) is 67.8 Å². The predicted molar refractivity (Wildman–Crippen MR) is 125 cm³/mol. The summed E-state index contributed by atoms with van der Waals surface area (Å²) in [4.78, 5) is 49.4. The molecule has 0 aliphatic carbocycles. The van der Waals surface area contributed by atoms with Crippen molar-refractivity contribution in [3.05, 3.63) is 22.3 Å². The van der Waals surface area contributed by atoms with Crippen molar-refractivity contribution < 1.29 is 29.0 Å². The normalized spacial score (nSPS) is 11.1. The number of hydrogen-bond acceptors (Lipinski definition) is 5. The van der Waals surface area contributed by atoms with E-state index < -0.39 is 29.4 Å². The van der Waals surface area contributed by atoms with Crippen molar-refractivity contribution in [1.29, 1.82) is 0 Å². The largest absolute Gasteiger partial charge is 0.478 e. The molecule has 7 nitrogen and oxygen atoms in total. The fourth-order valence-corrected chi connectivity index (χ4v) is 6.77. The lowest BCUT2D eigenvalue weighted by atomic mass is 9.97. The summed E-state index contributed by atoms with van der Waals surface area (Å²) in [6.07, 6.45) is 0.226. The van der Waals surface area contributed by atoms with Gasteiger partial charge in [0.25, 0.3) is 0 Å². The zero-order chi connectivity index (χ0) is 21.1. The number of anilines is 1. The smallest absolute Gasteiger partial charge is 0.348 e. The number of carboxylic acids is 1. The topological polar surface area (TPSA) is 101 Å². The second kappa shape index (κ2) is 9.80. The Balaban J connectivity index is 3.60. The molecule has 27 heavy (non-hydrogen) atoms. The maximum atomic E-state index is 12.9. The Kier molecular flexibility index (Phi) is 8.91. The highest BCUT2D eigenvalue weighted by Gasteiger charge is 2.40. The monoisotopic (exact) mass is 713 g/mol. The fraction of sp³-hybridized carbons (Fsp3) is 0.412. The van der Waals surface area contributed by atoms with E-state index >= 15 is 0 Å². The van der Waals surface area contributed by atoms with Crippen molar-refractivity contribution in [2.24, 2.45) is 0 Å². The van der Waals surface area contributed by atoms with Gasteiger partial charge in [-0.15, -0.1) is 0 Å². The van der Waals surface area contributed by atoms with Crippen LogP contribution < -0.4 is 4.90 Å². The highest BCUT2D eigenvalue weighted by Crippen LogP contribution is 2.36. The van der Waals surface area contributed by atoms with Gasteiger partial charge in [-0.05, 0) is 86.7 Å². The number of esters is 1. The van der Waals surface area contributed by atoms with E-state index in [4.69, 9.17) is 4.74 Å². The summed E-state index contributed by atoms with van der Waals surface area (Å²) in [7, 11) is 0. The van der Waals surface area contributed by atoms with Crippen molar-refractivity contribution >= 4 is 97.2 Å². The Labute approximate surface area is 198 Å². The van der Waals surface area contributed by atoms with Gasteiger partial charge in [0.15, 0.2) is 0 Å². The molecule has 1 rings (SSSR count). The molecular formula is C17H18I3NO6. The predicted octanol–water partition coefficient (Wildman–Crippen LogP) is 4.20. The van der Waals surface area contributed by atoms with Gasteiger partial charge in [0.05, 0.1) is 14.8 Å². The maximum absolute atomic E-state index is 12.9. The number of ether oxygens (including phenoxy) is 1. The molecule has 2 amide bonds. The van der Waals surface area contributed by atoms with Crippen LogP contribution in [0.5, 0.6) is 0 Å². The molecule has 0 fully saturated rings. The SMILES string of the molecule is CCC(CC)(OC(=O)c1c(I)cc(I)c(N(C(C)=O)C(C)=O)c1I)C(=O)O. The Bertz CT molecular complexity index is 790. The van der Waals surface area contributed by atoms with Gasteiger partial charge in [0.2, 0.25) is 17.4 Å². The average molecular weight is 713 g/mol. The fourth-order valence-electron chi connectivity index (χ4n) is 2.48. The third-order valence-corrected chi connectivity index (χ3v) is 6.75. The van der Waals surface area contributed by atoms with Crippen LogP contribution in [0, 0.1) is 10.7 Å². The van der Waals surface area contributed by atoms with Gasteiger partial charge in [0.1, 0.15) is 0 Å². The number of hydrogen-bond donors (Lipinski definition) is 1. The number of nitrogens with zero attached hydrogens (tertiary/aromatic N) is 1. The molecule has 0 saturated heterocycles. The number of imide groups is 1. The molecule has 0 aromatic heterocycles. The molecule has 1 N–H and O–H groups in total. The molecule has 0 radical (unpaired) electrons. The van der Waals surface area contributed by atoms with Crippen LogP contribution in [-0.4, -0.2) is 34.5 Å². The van der Waals surface area contributed by atoms with Crippen LogP contribution in [0.2, 0.25) is 0 Å².